The molecule has 1 fully saturated rings. The Labute approximate surface area is 230 Å². The number of piperazine rings is 1. The zero-order valence-corrected chi connectivity index (χ0v) is 22.5. The first-order valence-corrected chi connectivity index (χ1v) is 14.0. The molecule has 0 aliphatic carbocycles. The monoisotopic (exact) mass is 529 g/mol. The van der Waals surface area contributed by atoms with Crippen LogP contribution >= 0.6 is 0 Å². The molecule has 0 radical (unpaired) electrons. The minimum absolute atomic E-state index is 0.112. The number of nitrogens with one attached hydrogen (secondary N) is 3. The summed E-state index contributed by atoms with van der Waals surface area (Å²) in [6.07, 6.45) is 8.96. The molecular formula is C29H39N9O. The molecule has 0 spiro atoms. The number of hydrogen-bond donors (Lipinski definition) is 4. The van der Waals surface area contributed by atoms with E-state index in [2.05, 4.69) is 65.0 Å². The molecule has 1 unspecified atom stereocenters. The van der Waals surface area contributed by atoms with Gasteiger partial charge in [0.25, 0.3) is 0 Å². The van der Waals surface area contributed by atoms with E-state index in [9.17, 15) is 4.79 Å². The second kappa shape index (κ2) is 13.5. The van der Waals surface area contributed by atoms with Crippen LogP contribution in [0.2, 0.25) is 0 Å². The molecule has 5 aliphatic rings. The molecule has 7 heterocycles. The number of anilines is 3. The number of nitrogens with two attached hydrogens (primary N) is 1. The largest absolute Gasteiger partial charge is 0.355 e. The molecule has 5 aliphatic heterocycles. The van der Waals surface area contributed by atoms with Crippen molar-refractivity contribution in [3.05, 3.63) is 60.6 Å². The van der Waals surface area contributed by atoms with E-state index in [0.29, 0.717) is 25.6 Å². The Kier molecular flexibility index (Phi) is 9.31. The highest BCUT2D eigenvalue weighted by Gasteiger charge is 2.28. The number of nitrogens with zero attached hydrogens (tertiary/aromatic N) is 5. The summed E-state index contributed by atoms with van der Waals surface area (Å²) in [7, 11) is 0. The molecule has 10 heteroatoms. The zero-order valence-electron chi connectivity index (χ0n) is 22.5. The van der Waals surface area contributed by atoms with Crippen molar-refractivity contribution in [3.63, 3.8) is 0 Å². The molecule has 1 aromatic carbocycles. The maximum Gasteiger partial charge on any atom is 0.237 e. The van der Waals surface area contributed by atoms with Crippen LogP contribution < -0.4 is 21.7 Å². The van der Waals surface area contributed by atoms with E-state index in [-0.39, 0.29) is 11.9 Å². The van der Waals surface area contributed by atoms with Crippen LogP contribution in [0.3, 0.4) is 0 Å². The minimum atomic E-state index is -0.112. The van der Waals surface area contributed by atoms with Crippen molar-refractivity contribution in [1.82, 2.24) is 30.1 Å². The number of unbranched alkanes of at least 4 members (excludes halogenated alkanes) is 1. The van der Waals surface area contributed by atoms with Gasteiger partial charge in [-0.2, -0.15) is 0 Å². The van der Waals surface area contributed by atoms with Gasteiger partial charge in [0.15, 0.2) is 0 Å². The zero-order chi connectivity index (χ0) is 26.9. The number of carbonyl (C=O) groups is 1. The first-order chi connectivity index (χ1) is 19.2. The fourth-order valence-electron chi connectivity index (χ4n) is 5.21. The molecule has 3 aromatic rings. The van der Waals surface area contributed by atoms with E-state index in [4.69, 9.17) is 5.73 Å². The molecule has 1 saturated heterocycles. The first-order valence-electron chi connectivity index (χ1n) is 14.0. The Hall–Kier alpha value is -3.60. The Morgan fingerprint density at radius 1 is 0.923 bits per heavy atom. The van der Waals surface area contributed by atoms with E-state index in [1.54, 1.807) is 6.20 Å². The molecule has 39 heavy (non-hydrogen) atoms. The van der Waals surface area contributed by atoms with Gasteiger partial charge in [0.1, 0.15) is 5.82 Å². The topological polar surface area (TPSA) is 124 Å². The van der Waals surface area contributed by atoms with Crippen LogP contribution in [-0.2, 0) is 11.3 Å². The lowest BCUT2D eigenvalue weighted by Crippen LogP contribution is -2.54. The van der Waals surface area contributed by atoms with Crippen molar-refractivity contribution < 1.29 is 4.79 Å². The number of aromatic nitrogens is 3. The van der Waals surface area contributed by atoms with Crippen LogP contribution in [0.4, 0.5) is 17.5 Å². The van der Waals surface area contributed by atoms with Crippen molar-refractivity contribution >= 4 is 23.4 Å². The van der Waals surface area contributed by atoms with Crippen LogP contribution in [0.15, 0.2) is 55.0 Å². The molecule has 1 amide bonds. The number of pyridine rings is 1. The predicted octanol–water partition coefficient (Wildman–Crippen LogP) is 2.83. The predicted molar refractivity (Wildman–Crippen MR) is 155 cm³/mol. The highest BCUT2D eigenvalue weighted by molar-refractivity contribution is 5.81. The molecule has 1 atom stereocenters. The standard InChI is InChI=1S/C29H39N9O/c30-9-2-1-7-26-28(39)32-10-4-11-33-29-34-19-24(20-35-29)23-8-12-31-27(18-23)36-25-6-3-5-22(17-25)21-37-13-15-38(26)16-14-37/h3,5-6,8,12,17-20,26H,1-2,4,7,9-11,13-16,21,30H2,(H,31,36)(H,32,39)(H,33,34,35). The molecule has 2 aromatic heterocycles. The van der Waals surface area contributed by atoms with Crippen molar-refractivity contribution in [2.75, 3.05) is 56.4 Å². The van der Waals surface area contributed by atoms with E-state index in [0.717, 1.165) is 81.0 Å². The Balaban J connectivity index is 1.34. The van der Waals surface area contributed by atoms with Crippen LogP contribution in [0.25, 0.3) is 11.1 Å². The highest BCUT2D eigenvalue weighted by atomic mass is 16.2. The first kappa shape index (κ1) is 27.0. The minimum Gasteiger partial charge on any atom is -0.355 e. The Morgan fingerprint density at radius 2 is 1.74 bits per heavy atom. The number of rotatable bonds is 4. The lowest BCUT2D eigenvalue weighted by molar-refractivity contribution is -0.127. The maximum absolute atomic E-state index is 13.2. The summed E-state index contributed by atoms with van der Waals surface area (Å²) in [6.45, 7) is 6.45. The van der Waals surface area contributed by atoms with Crippen LogP contribution in [-0.4, -0.2) is 82.5 Å². The summed E-state index contributed by atoms with van der Waals surface area (Å²) in [5.41, 5.74) is 9.90. The normalized spacial score (nSPS) is 22.0. The van der Waals surface area contributed by atoms with Gasteiger partial charge in [-0.1, -0.05) is 18.6 Å². The summed E-state index contributed by atoms with van der Waals surface area (Å²) in [5.74, 6) is 1.47. The molecule has 0 saturated carbocycles. The molecule has 206 valence electrons. The van der Waals surface area contributed by atoms with Crippen molar-refractivity contribution in [2.45, 2.75) is 38.3 Å². The summed E-state index contributed by atoms with van der Waals surface area (Å²) in [5, 5.41) is 9.88. The SMILES string of the molecule is NCCCCC1C(=O)NCCCNc2ncc(cn2)-c2ccnc(c2)Nc2cccc(c2)CN2CCN1CC2. The van der Waals surface area contributed by atoms with Crippen LogP contribution in [0.5, 0.6) is 0 Å². The van der Waals surface area contributed by atoms with E-state index in [1.807, 2.05) is 24.5 Å². The van der Waals surface area contributed by atoms with Gasteiger partial charge in [-0.25, -0.2) is 15.0 Å². The van der Waals surface area contributed by atoms with E-state index >= 15 is 0 Å². The third-order valence-corrected chi connectivity index (χ3v) is 7.37. The number of carbonyl (C=O) groups excluding carboxylic acids is 1. The molecule has 8 bridgehead atoms. The third-order valence-electron chi connectivity index (χ3n) is 7.37. The van der Waals surface area contributed by atoms with Gasteiger partial charge in [0.2, 0.25) is 11.9 Å². The van der Waals surface area contributed by atoms with Gasteiger partial charge >= 0.3 is 0 Å². The smallest absolute Gasteiger partial charge is 0.237 e. The highest BCUT2D eigenvalue weighted by Crippen LogP contribution is 2.24. The fraction of sp³-hybridized carbons (Fsp3) is 0.448. The quantitative estimate of drug-likeness (QED) is 0.378. The van der Waals surface area contributed by atoms with Gasteiger partial charge in [-0.05, 0) is 61.2 Å². The fourth-order valence-corrected chi connectivity index (χ4v) is 5.21. The van der Waals surface area contributed by atoms with Crippen molar-refractivity contribution in [1.29, 1.82) is 0 Å². The number of hydrogen-bond acceptors (Lipinski definition) is 9. The maximum atomic E-state index is 13.2. The Bertz CT molecular complexity index is 1210. The van der Waals surface area contributed by atoms with Gasteiger partial charge in [-0.3, -0.25) is 14.6 Å². The Morgan fingerprint density at radius 3 is 2.56 bits per heavy atom. The van der Waals surface area contributed by atoms with E-state index in [1.165, 1.54) is 5.56 Å². The average Bonchev–Trinajstić information content (AvgIpc) is 2.96. The van der Waals surface area contributed by atoms with Gasteiger partial charge in [-0.15, -0.1) is 0 Å². The average molecular weight is 530 g/mol. The van der Waals surface area contributed by atoms with Crippen molar-refractivity contribution in [2.24, 2.45) is 5.73 Å². The lowest BCUT2D eigenvalue weighted by Gasteiger charge is -2.38. The van der Waals surface area contributed by atoms with Crippen molar-refractivity contribution in [3.8, 4) is 11.1 Å². The van der Waals surface area contributed by atoms with Crippen LogP contribution in [0, 0.1) is 0 Å². The van der Waals surface area contributed by atoms with E-state index < -0.39 is 0 Å². The van der Waals surface area contributed by atoms with Gasteiger partial charge < -0.3 is 21.7 Å². The molecule has 5 N–H and O–H groups in total. The summed E-state index contributed by atoms with van der Waals surface area (Å²) in [4.78, 5) is 31.5. The van der Waals surface area contributed by atoms with Gasteiger partial charge in [0, 0.05) is 75.7 Å². The molecule has 10 nitrogen and oxygen atoms in total. The number of benzene rings is 1. The lowest BCUT2D eigenvalue weighted by atomic mass is 10.1. The number of amides is 1. The summed E-state index contributed by atoms with van der Waals surface area (Å²) < 4.78 is 0. The molecule has 8 rings (SSSR count). The summed E-state index contributed by atoms with van der Waals surface area (Å²) >= 11 is 0. The summed E-state index contributed by atoms with van der Waals surface area (Å²) in [6, 6.07) is 12.4. The second-order valence-corrected chi connectivity index (χ2v) is 10.2. The third kappa shape index (κ3) is 7.50. The van der Waals surface area contributed by atoms with Crippen LogP contribution in [0.1, 0.15) is 31.2 Å². The molecular weight excluding hydrogens is 490 g/mol. The van der Waals surface area contributed by atoms with Gasteiger partial charge in [0.05, 0.1) is 6.04 Å². The second-order valence-electron chi connectivity index (χ2n) is 10.2.